The van der Waals surface area contributed by atoms with Crippen LogP contribution in [0.5, 0.6) is 0 Å². The molecule has 0 aromatic carbocycles. The van der Waals surface area contributed by atoms with Gasteiger partial charge in [-0.3, -0.25) is 9.78 Å². The van der Waals surface area contributed by atoms with E-state index in [2.05, 4.69) is 9.97 Å². The van der Waals surface area contributed by atoms with Crippen molar-refractivity contribution in [1.29, 1.82) is 0 Å². The van der Waals surface area contributed by atoms with Crippen LogP contribution < -0.4 is 4.90 Å². The zero-order valence-corrected chi connectivity index (χ0v) is 16.3. The summed E-state index contributed by atoms with van der Waals surface area (Å²) in [5, 5.41) is 0. The molecule has 0 spiro atoms. The van der Waals surface area contributed by atoms with Crippen molar-refractivity contribution in [2.75, 3.05) is 44.3 Å². The topological polar surface area (TPSA) is 71.5 Å². The number of hydrogen-bond acceptors (Lipinski definition) is 6. The van der Waals surface area contributed by atoms with Crippen LogP contribution in [0.25, 0.3) is 11.1 Å². The molecule has 160 valence electrons. The van der Waals surface area contributed by atoms with Crippen LogP contribution in [0.3, 0.4) is 0 Å². The third-order valence-electron chi connectivity index (χ3n) is 5.41. The van der Waals surface area contributed by atoms with Crippen LogP contribution in [0.2, 0.25) is 0 Å². The van der Waals surface area contributed by atoms with Crippen molar-refractivity contribution >= 4 is 11.9 Å². The molecule has 7 nitrogen and oxygen atoms in total. The van der Waals surface area contributed by atoms with Crippen LogP contribution in [0, 0.1) is 0 Å². The molecule has 0 saturated carbocycles. The van der Waals surface area contributed by atoms with E-state index in [0.717, 1.165) is 16.0 Å². The quantitative estimate of drug-likeness (QED) is 0.759. The van der Waals surface area contributed by atoms with E-state index in [1.165, 1.54) is 0 Å². The van der Waals surface area contributed by atoms with Gasteiger partial charge in [0, 0.05) is 61.8 Å². The van der Waals surface area contributed by atoms with Gasteiger partial charge < -0.3 is 14.5 Å². The lowest BCUT2D eigenvalue weighted by Gasteiger charge is -2.34. The predicted molar refractivity (Wildman–Crippen MR) is 103 cm³/mol. The summed E-state index contributed by atoms with van der Waals surface area (Å²) in [4.78, 5) is 28.1. The fourth-order valence-electron chi connectivity index (χ4n) is 3.92. The van der Waals surface area contributed by atoms with Crippen molar-refractivity contribution in [3.8, 4) is 11.1 Å². The number of halogens is 3. The Morgan fingerprint density at radius 1 is 1.17 bits per heavy atom. The molecular weight excluding hydrogens is 399 g/mol. The standard InChI is InChI=1S/C20H22F3N5O2/c21-20(22,23)18(29)28-6-2-4-15(13-28)17-16(14-3-1-5-24-11-14)12-25-19(26-17)27-7-9-30-10-8-27/h1,3,5,11-12,15H,2,4,6-10,13H2. The van der Waals surface area contributed by atoms with E-state index in [0.29, 0.717) is 50.8 Å². The zero-order valence-electron chi connectivity index (χ0n) is 16.3. The van der Waals surface area contributed by atoms with Gasteiger partial charge in [0.2, 0.25) is 5.95 Å². The maximum atomic E-state index is 13.0. The highest BCUT2D eigenvalue weighted by atomic mass is 19.4. The Labute approximate surface area is 171 Å². The number of carbonyl (C=O) groups is 1. The van der Waals surface area contributed by atoms with Crippen molar-refractivity contribution in [3.05, 3.63) is 36.4 Å². The number of pyridine rings is 1. The van der Waals surface area contributed by atoms with Crippen LogP contribution in [0.15, 0.2) is 30.7 Å². The van der Waals surface area contributed by atoms with Gasteiger partial charge in [-0.05, 0) is 18.9 Å². The molecular formula is C20H22F3N5O2. The summed E-state index contributed by atoms with van der Waals surface area (Å²) in [6.45, 7) is 2.51. The van der Waals surface area contributed by atoms with Crippen molar-refractivity contribution in [3.63, 3.8) is 0 Å². The molecule has 0 radical (unpaired) electrons. The number of hydrogen-bond donors (Lipinski definition) is 0. The first-order valence-electron chi connectivity index (χ1n) is 9.89. The largest absolute Gasteiger partial charge is 0.471 e. The lowest BCUT2D eigenvalue weighted by molar-refractivity contribution is -0.186. The van der Waals surface area contributed by atoms with Gasteiger partial charge >= 0.3 is 12.1 Å². The van der Waals surface area contributed by atoms with E-state index in [-0.39, 0.29) is 19.0 Å². The highest BCUT2D eigenvalue weighted by Crippen LogP contribution is 2.35. The SMILES string of the molecule is O=C(N1CCCC(c2nc(N3CCOCC3)ncc2-c2cccnc2)C1)C(F)(F)F. The van der Waals surface area contributed by atoms with Gasteiger partial charge in [0.1, 0.15) is 0 Å². The Morgan fingerprint density at radius 2 is 1.97 bits per heavy atom. The van der Waals surface area contributed by atoms with E-state index in [1.807, 2.05) is 11.0 Å². The number of ether oxygens (including phenoxy) is 1. The maximum Gasteiger partial charge on any atom is 0.471 e. The minimum atomic E-state index is -4.88. The summed E-state index contributed by atoms with van der Waals surface area (Å²) >= 11 is 0. The van der Waals surface area contributed by atoms with Crippen molar-refractivity contribution in [2.24, 2.45) is 0 Å². The summed E-state index contributed by atoms with van der Waals surface area (Å²) < 4.78 is 44.3. The number of piperidine rings is 1. The van der Waals surface area contributed by atoms with E-state index >= 15 is 0 Å². The Bertz CT molecular complexity index is 888. The molecule has 2 aliphatic rings. The first kappa shape index (κ1) is 20.5. The molecule has 2 fully saturated rings. The zero-order chi connectivity index (χ0) is 21.1. The first-order valence-corrected chi connectivity index (χ1v) is 9.89. The lowest BCUT2D eigenvalue weighted by atomic mass is 9.90. The molecule has 2 saturated heterocycles. The smallest absolute Gasteiger partial charge is 0.378 e. The Morgan fingerprint density at radius 3 is 2.67 bits per heavy atom. The Kier molecular flexibility index (Phi) is 5.85. The van der Waals surface area contributed by atoms with Gasteiger partial charge in [-0.1, -0.05) is 6.07 Å². The molecule has 2 aromatic rings. The third kappa shape index (κ3) is 4.38. The number of carbonyl (C=O) groups excluding carboxylic acids is 1. The summed E-state index contributed by atoms with van der Waals surface area (Å²) in [5.41, 5.74) is 2.17. The van der Waals surface area contributed by atoms with Gasteiger partial charge in [0.25, 0.3) is 0 Å². The number of alkyl halides is 3. The number of amides is 1. The van der Waals surface area contributed by atoms with Gasteiger partial charge in [0.05, 0.1) is 18.9 Å². The van der Waals surface area contributed by atoms with Crippen molar-refractivity contribution < 1.29 is 22.7 Å². The fraction of sp³-hybridized carbons (Fsp3) is 0.500. The van der Waals surface area contributed by atoms with E-state index < -0.39 is 12.1 Å². The number of likely N-dealkylation sites (tertiary alicyclic amines) is 1. The summed E-state index contributed by atoms with van der Waals surface area (Å²) in [6.07, 6.45) is 1.28. The summed E-state index contributed by atoms with van der Waals surface area (Å²) in [5.74, 6) is -1.58. The molecule has 0 N–H and O–H groups in total. The lowest BCUT2D eigenvalue weighted by Crippen LogP contribution is -2.46. The summed E-state index contributed by atoms with van der Waals surface area (Å²) in [7, 11) is 0. The van der Waals surface area contributed by atoms with E-state index in [1.54, 1.807) is 24.7 Å². The van der Waals surface area contributed by atoms with Crippen molar-refractivity contribution in [2.45, 2.75) is 24.9 Å². The van der Waals surface area contributed by atoms with Crippen LogP contribution in [0.1, 0.15) is 24.5 Å². The first-order chi connectivity index (χ1) is 14.4. The van der Waals surface area contributed by atoms with Gasteiger partial charge in [-0.15, -0.1) is 0 Å². The second-order valence-corrected chi connectivity index (χ2v) is 7.40. The van der Waals surface area contributed by atoms with Gasteiger partial charge in [-0.25, -0.2) is 9.97 Å². The average Bonchev–Trinajstić information content (AvgIpc) is 2.79. The minimum Gasteiger partial charge on any atom is -0.378 e. The molecule has 4 rings (SSSR count). The fourth-order valence-corrected chi connectivity index (χ4v) is 3.92. The maximum absolute atomic E-state index is 13.0. The number of rotatable bonds is 3. The number of aromatic nitrogens is 3. The van der Waals surface area contributed by atoms with E-state index in [4.69, 9.17) is 9.72 Å². The predicted octanol–water partition coefficient (Wildman–Crippen LogP) is 2.64. The molecule has 1 unspecified atom stereocenters. The molecule has 2 aromatic heterocycles. The second-order valence-electron chi connectivity index (χ2n) is 7.40. The van der Waals surface area contributed by atoms with E-state index in [9.17, 15) is 18.0 Å². The average molecular weight is 421 g/mol. The van der Waals surface area contributed by atoms with Crippen LogP contribution in [0.4, 0.5) is 19.1 Å². The highest BCUT2D eigenvalue weighted by Gasteiger charge is 2.44. The number of nitrogens with zero attached hydrogens (tertiary/aromatic N) is 5. The normalized spacial score (nSPS) is 20.3. The monoisotopic (exact) mass is 421 g/mol. The van der Waals surface area contributed by atoms with Crippen LogP contribution >= 0.6 is 0 Å². The molecule has 1 amide bonds. The molecule has 10 heteroatoms. The molecule has 2 aliphatic heterocycles. The third-order valence-corrected chi connectivity index (χ3v) is 5.41. The molecule has 0 bridgehead atoms. The molecule has 30 heavy (non-hydrogen) atoms. The molecule has 0 aliphatic carbocycles. The van der Waals surface area contributed by atoms with Gasteiger partial charge in [-0.2, -0.15) is 13.2 Å². The van der Waals surface area contributed by atoms with Crippen molar-refractivity contribution in [1.82, 2.24) is 19.9 Å². The molecule has 4 heterocycles. The summed E-state index contributed by atoms with van der Waals surface area (Å²) in [6, 6.07) is 3.65. The molecule has 1 atom stereocenters. The van der Waals surface area contributed by atoms with Crippen LogP contribution in [-0.2, 0) is 9.53 Å². The minimum absolute atomic E-state index is 0.0226. The van der Waals surface area contributed by atoms with Crippen LogP contribution in [-0.4, -0.2) is 71.3 Å². The second kappa shape index (κ2) is 8.55. The Balaban J connectivity index is 1.69. The van der Waals surface area contributed by atoms with Gasteiger partial charge in [0.15, 0.2) is 0 Å². The Hall–Kier alpha value is -2.75. The highest BCUT2D eigenvalue weighted by molar-refractivity contribution is 5.82. The number of anilines is 1. The number of morpholine rings is 1.